The van der Waals surface area contributed by atoms with Gasteiger partial charge < -0.3 is 9.80 Å². The molecule has 2 atom stereocenters. The Morgan fingerprint density at radius 1 is 0.227 bits per heavy atom. The molecule has 2 unspecified atom stereocenters. The third-order valence-electron chi connectivity index (χ3n) is 12.8. The summed E-state index contributed by atoms with van der Waals surface area (Å²) in [7, 11) is 0. The maximum Gasteiger partial charge on any atom is 0.0462 e. The van der Waals surface area contributed by atoms with Crippen LogP contribution in [0, 0.1) is 11.8 Å². The van der Waals surface area contributed by atoms with Crippen molar-refractivity contribution in [2.24, 2.45) is 11.8 Å². The molecule has 0 aliphatic heterocycles. The molecule has 11 rings (SSSR count). The number of fused-ring (bicyclic) bond motifs is 1. The highest BCUT2D eigenvalue weighted by atomic mass is 15.1. The maximum absolute atomic E-state index is 2.40. The van der Waals surface area contributed by atoms with Crippen LogP contribution in [0.1, 0.15) is 5.56 Å². The Kier molecular flexibility index (Phi) is 11.2. The van der Waals surface area contributed by atoms with Gasteiger partial charge in [0, 0.05) is 46.0 Å². The fourth-order valence-corrected chi connectivity index (χ4v) is 9.27. The molecule has 2 nitrogen and oxygen atoms in total. The molecule has 9 aromatic carbocycles. The van der Waals surface area contributed by atoms with E-state index in [2.05, 4.69) is 289 Å². The van der Waals surface area contributed by atoms with Crippen LogP contribution in [0.3, 0.4) is 0 Å². The predicted molar refractivity (Wildman–Crippen MR) is 280 cm³/mol. The smallest absolute Gasteiger partial charge is 0.0462 e. The van der Waals surface area contributed by atoms with E-state index in [0.717, 1.165) is 45.3 Å². The molecule has 0 amide bonds. The minimum atomic E-state index is 0.401. The summed E-state index contributed by atoms with van der Waals surface area (Å²) in [5, 5.41) is 0. The first-order valence-corrected chi connectivity index (χ1v) is 22.8. The Bertz CT molecular complexity index is 3080. The Morgan fingerprint density at radius 2 is 0.485 bits per heavy atom. The lowest BCUT2D eigenvalue weighted by Gasteiger charge is -2.27. The number of allylic oxidation sites excluding steroid dienone is 8. The van der Waals surface area contributed by atoms with Crippen LogP contribution in [-0.2, 0) is 0 Å². The van der Waals surface area contributed by atoms with Gasteiger partial charge in [-0.05, 0) is 128 Å². The zero-order valence-corrected chi connectivity index (χ0v) is 36.6. The zero-order chi connectivity index (χ0) is 44.1. The summed E-state index contributed by atoms with van der Waals surface area (Å²) < 4.78 is 0. The first-order valence-electron chi connectivity index (χ1n) is 22.8. The van der Waals surface area contributed by atoms with Gasteiger partial charge in [0.1, 0.15) is 0 Å². The standard InChI is InChI=1S/C64H48N2/c1-4-12-47(13-5-1)51-22-34-59(35-23-51)65(60-36-24-52(25-37-60)48-14-6-2-7-15-48)62-40-28-54(29-41-62)55-30-42-63(43-31-55)66(61-38-26-53(27-39-61)49-16-8-3-9-17-49)64-44-32-56(33-45-64)58-21-20-50-18-10-11-19-57(50)46-58/h1-46,50,57H. The van der Waals surface area contributed by atoms with Crippen LogP contribution in [0.4, 0.5) is 34.1 Å². The number of anilines is 6. The molecular formula is C64H48N2. The molecule has 0 bridgehead atoms. The van der Waals surface area contributed by atoms with E-state index in [9.17, 15) is 0 Å². The lowest BCUT2D eigenvalue weighted by Crippen LogP contribution is -2.11. The van der Waals surface area contributed by atoms with Crippen LogP contribution in [0.15, 0.2) is 279 Å². The van der Waals surface area contributed by atoms with Gasteiger partial charge >= 0.3 is 0 Å². The average Bonchev–Trinajstić information content (AvgIpc) is 3.41. The fraction of sp³-hybridized carbons (Fsp3) is 0.0312. The van der Waals surface area contributed by atoms with Gasteiger partial charge in [0.15, 0.2) is 0 Å². The molecular weight excluding hydrogens is 797 g/mol. The summed E-state index contributed by atoms with van der Waals surface area (Å²) in [4.78, 5) is 4.69. The molecule has 0 radical (unpaired) electrons. The topological polar surface area (TPSA) is 6.48 Å². The Morgan fingerprint density at radius 3 is 0.788 bits per heavy atom. The van der Waals surface area contributed by atoms with Gasteiger partial charge in [-0.15, -0.1) is 0 Å². The minimum Gasteiger partial charge on any atom is -0.311 e. The van der Waals surface area contributed by atoms with Crippen molar-refractivity contribution in [1.29, 1.82) is 0 Å². The predicted octanol–water partition coefficient (Wildman–Crippen LogP) is 17.6. The van der Waals surface area contributed by atoms with Gasteiger partial charge in [0.2, 0.25) is 0 Å². The lowest BCUT2D eigenvalue weighted by molar-refractivity contribution is 0.663. The lowest BCUT2D eigenvalue weighted by atomic mass is 9.81. The second-order valence-electron chi connectivity index (χ2n) is 17.0. The Hall–Kier alpha value is -8.46. The van der Waals surface area contributed by atoms with E-state index in [1.54, 1.807) is 0 Å². The summed E-state index contributed by atoms with van der Waals surface area (Å²) in [5.74, 6) is 0.841. The second-order valence-corrected chi connectivity index (χ2v) is 17.0. The van der Waals surface area contributed by atoms with E-state index < -0.39 is 0 Å². The molecule has 2 aliphatic carbocycles. The minimum absolute atomic E-state index is 0.401. The van der Waals surface area contributed by atoms with E-state index in [4.69, 9.17) is 0 Å². The number of nitrogens with zero attached hydrogens (tertiary/aromatic N) is 2. The largest absolute Gasteiger partial charge is 0.311 e. The van der Waals surface area contributed by atoms with Crippen molar-refractivity contribution < 1.29 is 0 Å². The van der Waals surface area contributed by atoms with Gasteiger partial charge in [-0.2, -0.15) is 0 Å². The highest BCUT2D eigenvalue weighted by Gasteiger charge is 2.20. The quantitative estimate of drug-likeness (QED) is 0.128. The molecule has 0 N–H and O–H groups in total. The van der Waals surface area contributed by atoms with E-state index in [0.29, 0.717) is 11.8 Å². The Labute approximate surface area is 388 Å². The highest BCUT2D eigenvalue weighted by Crippen LogP contribution is 2.41. The van der Waals surface area contributed by atoms with Crippen LogP contribution in [0.2, 0.25) is 0 Å². The molecule has 314 valence electrons. The maximum atomic E-state index is 2.40. The molecule has 9 aromatic rings. The number of hydrogen-bond donors (Lipinski definition) is 0. The van der Waals surface area contributed by atoms with Crippen molar-refractivity contribution in [1.82, 2.24) is 0 Å². The van der Waals surface area contributed by atoms with E-state index in [1.807, 2.05) is 0 Å². The van der Waals surface area contributed by atoms with E-state index >= 15 is 0 Å². The molecule has 0 saturated heterocycles. The van der Waals surface area contributed by atoms with Crippen molar-refractivity contribution >= 4 is 39.7 Å². The van der Waals surface area contributed by atoms with Crippen LogP contribution in [-0.4, -0.2) is 0 Å². The van der Waals surface area contributed by atoms with Crippen molar-refractivity contribution in [2.45, 2.75) is 0 Å². The third kappa shape index (κ3) is 8.48. The first-order chi connectivity index (χ1) is 32.7. The summed E-state index contributed by atoms with van der Waals surface area (Å²) in [6.07, 6.45) is 15.9. The van der Waals surface area contributed by atoms with Gasteiger partial charge in [0.05, 0.1) is 0 Å². The van der Waals surface area contributed by atoms with Crippen molar-refractivity contribution in [3.63, 3.8) is 0 Å². The monoisotopic (exact) mass is 844 g/mol. The van der Waals surface area contributed by atoms with Gasteiger partial charge in [-0.3, -0.25) is 0 Å². The zero-order valence-electron chi connectivity index (χ0n) is 36.6. The third-order valence-corrected chi connectivity index (χ3v) is 12.8. The summed E-state index contributed by atoms with van der Waals surface area (Å²) in [5.41, 5.74) is 18.6. The van der Waals surface area contributed by atoms with Gasteiger partial charge in [-0.25, -0.2) is 0 Å². The normalized spacial score (nSPS) is 14.9. The Balaban J connectivity index is 0.896. The molecule has 2 heteroatoms. The van der Waals surface area contributed by atoms with Crippen LogP contribution >= 0.6 is 0 Å². The van der Waals surface area contributed by atoms with E-state index in [-0.39, 0.29) is 0 Å². The molecule has 2 aliphatic rings. The number of hydrogen-bond acceptors (Lipinski definition) is 2. The van der Waals surface area contributed by atoms with Gasteiger partial charge in [-0.1, -0.05) is 206 Å². The number of benzene rings is 9. The molecule has 66 heavy (non-hydrogen) atoms. The average molecular weight is 845 g/mol. The molecule has 0 saturated carbocycles. The van der Waals surface area contributed by atoms with Gasteiger partial charge in [0.25, 0.3) is 0 Å². The van der Waals surface area contributed by atoms with Crippen molar-refractivity contribution in [3.8, 4) is 44.5 Å². The summed E-state index contributed by atoms with van der Waals surface area (Å²) >= 11 is 0. The molecule has 0 aromatic heterocycles. The van der Waals surface area contributed by atoms with Crippen molar-refractivity contribution in [2.75, 3.05) is 9.80 Å². The summed E-state index contributed by atoms with van der Waals surface area (Å²) in [6.45, 7) is 0. The highest BCUT2D eigenvalue weighted by molar-refractivity contribution is 5.84. The first kappa shape index (κ1) is 40.3. The fourth-order valence-electron chi connectivity index (χ4n) is 9.27. The SMILES string of the molecule is C1=CC2C=CC(c3ccc(N(c4ccc(-c5ccccc5)cc4)c4ccc(-c5ccc(N(c6ccc(-c7ccccc7)cc6)c6ccc(-c7ccccc7)cc6)cc5)cc4)cc3)=CC2C=C1. The van der Waals surface area contributed by atoms with E-state index in [1.165, 1.54) is 44.5 Å². The summed E-state index contributed by atoms with van der Waals surface area (Å²) in [6, 6.07) is 85.3. The molecule has 0 heterocycles. The number of rotatable bonds is 11. The van der Waals surface area contributed by atoms with Crippen LogP contribution in [0.25, 0.3) is 50.1 Å². The van der Waals surface area contributed by atoms with Crippen LogP contribution < -0.4 is 9.80 Å². The molecule has 0 fully saturated rings. The second kappa shape index (κ2) is 18.3. The van der Waals surface area contributed by atoms with Crippen molar-refractivity contribution in [3.05, 3.63) is 285 Å². The molecule has 0 spiro atoms. The van der Waals surface area contributed by atoms with Crippen LogP contribution in [0.5, 0.6) is 0 Å².